The summed E-state index contributed by atoms with van der Waals surface area (Å²) in [6.45, 7) is 4.74. The summed E-state index contributed by atoms with van der Waals surface area (Å²) < 4.78 is 0. The maximum Gasteiger partial charge on any atom is 0.0159 e. The number of benzene rings is 10. The maximum atomic E-state index is 2.47. The highest BCUT2D eigenvalue weighted by Crippen LogP contribution is 2.52. The highest BCUT2D eigenvalue weighted by atomic mass is 14.4. The first-order valence-electron chi connectivity index (χ1n) is 20.0. The van der Waals surface area contributed by atoms with Crippen LogP contribution in [0.5, 0.6) is 0 Å². The van der Waals surface area contributed by atoms with Gasteiger partial charge in [0.15, 0.2) is 0 Å². The molecule has 0 N–H and O–H groups in total. The molecule has 0 amide bonds. The Labute approximate surface area is 334 Å². The fraction of sp³-hybridized carbons (Fsp3) is 0.0526. The van der Waals surface area contributed by atoms with E-state index >= 15 is 0 Å². The highest BCUT2D eigenvalue weighted by Gasteiger charge is 2.35. The first-order valence-corrected chi connectivity index (χ1v) is 20.0. The van der Waals surface area contributed by atoms with Gasteiger partial charge in [-0.1, -0.05) is 196 Å². The van der Waals surface area contributed by atoms with E-state index in [1.807, 2.05) is 0 Å². The number of rotatable bonds is 5. The van der Waals surface area contributed by atoms with E-state index in [4.69, 9.17) is 0 Å². The van der Waals surface area contributed by atoms with E-state index in [1.54, 1.807) is 0 Å². The fourth-order valence-corrected chi connectivity index (χ4v) is 9.74. The standard InChI is InChI=1S/C57H40/c1-57(2)53-28-16-15-23-46(53)47-30-29-39(36-54(47)57)55-48-24-11-13-26-50(48)56(51-27-14-12-25-49(51)55)52-32-31-43(44-21-9-10-22-45(44)52)42-34-40(37-17-5-3-6-18-37)33-41(35-42)38-19-7-4-8-20-38/h3-36H,1-2H3. The third-order valence-corrected chi connectivity index (χ3v) is 12.5. The zero-order valence-corrected chi connectivity index (χ0v) is 32.1. The van der Waals surface area contributed by atoms with Crippen molar-refractivity contribution in [2.45, 2.75) is 19.3 Å². The Morgan fingerprint density at radius 3 is 1.26 bits per heavy atom. The van der Waals surface area contributed by atoms with Gasteiger partial charge in [-0.15, -0.1) is 0 Å². The minimum atomic E-state index is -0.0728. The monoisotopic (exact) mass is 724 g/mol. The first-order chi connectivity index (χ1) is 28.0. The molecule has 11 rings (SSSR count). The lowest BCUT2D eigenvalue weighted by atomic mass is 9.80. The van der Waals surface area contributed by atoms with Crippen LogP contribution in [0.15, 0.2) is 206 Å². The SMILES string of the molecule is CC1(C)c2ccccc2-c2ccc(-c3c4ccccc4c(-c4ccc(-c5cc(-c6ccccc6)cc(-c6ccccc6)c5)c5ccccc45)c4ccccc34)cc21. The largest absolute Gasteiger partial charge is 0.0622 e. The second-order valence-electron chi connectivity index (χ2n) is 16.0. The lowest BCUT2D eigenvalue weighted by Crippen LogP contribution is -2.14. The molecule has 0 radical (unpaired) electrons. The van der Waals surface area contributed by atoms with Gasteiger partial charge in [0.1, 0.15) is 0 Å². The third-order valence-electron chi connectivity index (χ3n) is 12.5. The van der Waals surface area contributed by atoms with Gasteiger partial charge in [-0.25, -0.2) is 0 Å². The molecule has 0 aromatic heterocycles. The van der Waals surface area contributed by atoms with Crippen LogP contribution >= 0.6 is 0 Å². The van der Waals surface area contributed by atoms with Crippen LogP contribution in [0.25, 0.3) is 99.1 Å². The molecule has 10 aromatic rings. The summed E-state index contributed by atoms with van der Waals surface area (Å²) in [5.41, 5.74) is 17.8. The summed E-state index contributed by atoms with van der Waals surface area (Å²) in [7, 11) is 0. The summed E-state index contributed by atoms with van der Waals surface area (Å²) in [4.78, 5) is 0. The van der Waals surface area contributed by atoms with Crippen molar-refractivity contribution in [2.24, 2.45) is 0 Å². The van der Waals surface area contributed by atoms with Crippen LogP contribution in [0, 0.1) is 0 Å². The molecule has 0 bridgehead atoms. The molecule has 0 nitrogen and oxygen atoms in total. The predicted molar refractivity (Wildman–Crippen MR) is 244 cm³/mol. The molecule has 0 spiro atoms. The smallest absolute Gasteiger partial charge is 0.0159 e. The van der Waals surface area contributed by atoms with Crippen LogP contribution in [0.3, 0.4) is 0 Å². The molecule has 0 heteroatoms. The van der Waals surface area contributed by atoms with Crippen molar-refractivity contribution < 1.29 is 0 Å². The molecule has 268 valence electrons. The molecular weight excluding hydrogens is 685 g/mol. The average Bonchev–Trinajstić information content (AvgIpc) is 3.50. The van der Waals surface area contributed by atoms with E-state index in [0.29, 0.717) is 0 Å². The third kappa shape index (κ3) is 5.29. The molecule has 0 atom stereocenters. The van der Waals surface area contributed by atoms with E-state index in [0.717, 1.165) is 0 Å². The van der Waals surface area contributed by atoms with Gasteiger partial charge in [0.25, 0.3) is 0 Å². The molecule has 0 unspecified atom stereocenters. The van der Waals surface area contributed by atoms with Crippen molar-refractivity contribution in [1.82, 2.24) is 0 Å². The van der Waals surface area contributed by atoms with Gasteiger partial charge in [0, 0.05) is 5.41 Å². The minimum absolute atomic E-state index is 0.0728. The molecule has 0 saturated carbocycles. The van der Waals surface area contributed by atoms with Gasteiger partial charge in [-0.05, 0) is 134 Å². The zero-order valence-electron chi connectivity index (χ0n) is 32.1. The lowest BCUT2D eigenvalue weighted by molar-refractivity contribution is 0.660. The quantitative estimate of drug-likeness (QED) is 0.155. The molecule has 0 aliphatic heterocycles. The fourth-order valence-electron chi connectivity index (χ4n) is 9.74. The van der Waals surface area contributed by atoms with E-state index in [-0.39, 0.29) is 5.41 Å². The van der Waals surface area contributed by atoms with Crippen LogP contribution in [0.1, 0.15) is 25.0 Å². The van der Waals surface area contributed by atoms with Gasteiger partial charge in [0.05, 0.1) is 0 Å². The summed E-state index contributed by atoms with van der Waals surface area (Å²) >= 11 is 0. The van der Waals surface area contributed by atoms with Crippen LogP contribution in [0.4, 0.5) is 0 Å². The van der Waals surface area contributed by atoms with E-state index < -0.39 is 0 Å². The normalized spacial score (nSPS) is 12.9. The van der Waals surface area contributed by atoms with Crippen molar-refractivity contribution >= 4 is 32.3 Å². The lowest BCUT2D eigenvalue weighted by Gasteiger charge is -2.23. The molecule has 0 fully saturated rings. The summed E-state index contributed by atoms with van der Waals surface area (Å²) in [5.74, 6) is 0. The average molecular weight is 725 g/mol. The van der Waals surface area contributed by atoms with Gasteiger partial charge < -0.3 is 0 Å². The second kappa shape index (κ2) is 13.0. The predicted octanol–water partition coefficient (Wildman–Crippen LogP) is 15.8. The number of hydrogen-bond donors (Lipinski definition) is 0. The van der Waals surface area contributed by atoms with Crippen molar-refractivity contribution in [1.29, 1.82) is 0 Å². The van der Waals surface area contributed by atoms with E-state index in [1.165, 1.54) is 110 Å². The molecular formula is C57H40. The van der Waals surface area contributed by atoms with Crippen LogP contribution in [0.2, 0.25) is 0 Å². The van der Waals surface area contributed by atoms with Crippen molar-refractivity contribution in [3.05, 3.63) is 217 Å². The Kier molecular flexibility index (Phi) is 7.63. The minimum Gasteiger partial charge on any atom is -0.0622 e. The highest BCUT2D eigenvalue weighted by molar-refractivity contribution is 6.24. The maximum absolute atomic E-state index is 2.47. The Balaban J connectivity index is 1.14. The summed E-state index contributed by atoms with van der Waals surface area (Å²) in [5, 5.41) is 7.58. The number of hydrogen-bond acceptors (Lipinski definition) is 0. The van der Waals surface area contributed by atoms with Crippen LogP contribution in [-0.2, 0) is 5.41 Å². The molecule has 10 aromatic carbocycles. The molecule has 0 heterocycles. The summed E-state index contributed by atoms with van der Waals surface area (Å²) in [6.07, 6.45) is 0. The van der Waals surface area contributed by atoms with Gasteiger partial charge >= 0.3 is 0 Å². The Morgan fingerprint density at radius 1 is 0.246 bits per heavy atom. The molecule has 57 heavy (non-hydrogen) atoms. The summed E-state index contributed by atoms with van der Waals surface area (Å²) in [6, 6.07) is 76.4. The van der Waals surface area contributed by atoms with Crippen molar-refractivity contribution in [2.75, 3.05) is 0 Å². The molecule has 1 aliphatic carbocycles. The second-order valence-corrected chi connectivity index (χ2v) is 16.0. The van der Waals surface area contributed by atoms with Gasteiger partial charge in [-0.3, -0.25) is 0 Å². The zero-order chi connectivity index (χ0) is 38.1. The van der Waals surface area contributed by atoms with Crippen LogP contribution < -0.4 is 0 Å². The van der Waals surface area contributed by atoms with Gasteiger partial charge in [-0.2, -0.15) is 0 Å². The Hall–Kier alpha value is -7.02. The van der Waals surface area contributed by atoms with Crippen molar-refractivity contribution in [3.8, 4) is 66.8 Å². The topological polar surface area (TPSA) is 0 Å². The van der Waals surface area contributed by atoms with E-state index in [9.17, 15) is 0 Å². The molecule has 0 saturated heterocycles. The van der Waals surface area contributed by atoms with E-state index in [2.05, 4.69) is 220 Å². The first kappa shape index (κ1) is 33.3. The number of fused-ring (bicyclic) bond motifs is 6. The Bertz CT molecular complexity index is 3070. The van der Waals surface area contributed by atoms with Crippen molar-refractivity contribution in [3.63, 3.8) is 0 Å². The molecule has 1 aliphatic rings. The van der Waals surface area contributed by atoms with Crippen LogP contribution in [-0.4, -0.2) is 0 Å². The van der Waals surface area contributed by atoms with Gasteiger partial charge in [0.2, 0.25) is 0 Å². The Morgan fingerprint density at radius 2 is 0.667 bits per heavy atom.